The number of hydrogen-bond acceptors (Lipinski definition) is 3. The Morgan fingerprint density at radius 1 is 1.17 bits per heavy atom. The van der Waals surface area contributed by atoms with Crippen LogP contribution in [0.5, 0.6) is 0 Å². The summed E-state index contributed by atoms with van der Waals surface area (Å²) in [5, 5.41) is 8.47. The van der Waals surface area contributed by atoms with Crippen molar-refractivity contribution in [1.29, 1.82) is 0 Å². The molecule has 2 aromatic rings. The molecule has 0 unspecified atom stereocenters. The van der Waals surface area contributed by atoms with Crippen molar-refractivity contribution >= 4 is 37.6 Å². The van der Waals surface area contributed by atoms with E-state index in [1.807, 2.05) is 0 Å². The van der Waals surface area contributed by atoms with Crippen LogP contribution in [0.3, 0.4) is 0 Å². The Balaban J connectivity index is 2.20. The van der Waals surface area contributed by atoms with Crippen molar-refractivity contribution < 1.29 is 18.3 Å². The molecule has 0 fully saturated rings. The molecule has 2 aromatic carbocycles. The molecule has 0 saturated heterocycles. The number of carboxylic acid groups (broad SMARTS) is 1. The summed E-state index contributed by atoms with van der Waals surface area (Å²) in [4.78, 5) is 10.5. The summed E-state index contributed by atoms with van der Waals surface area (Å²) in [7, 11) is -3.69. The zero-order valence-corrected chi connectivity index (χ0v) is 14.6. The minimum absolute atomic E-state index is 0.145. The van der Waals surface area contributed by atoms with E-state index < -0.39 is 16.0 Å². The Labute approximate surface area is 148 Å². The summed E-state index contributed by atoms with van der Waals surface area (Å²) < 4.78 is 27.9. The summed E-state index contributed by atoms with van der Waals surface area (Å²) in [5.41, 5.74) is 0.924. The second kappa shape index (κ2) is 7.81. The standard InChI is InChI=1S/C17H12BrNO4S/c18-14-8-10-16(11-9-14)24(22,23)19-15-6-3-5-13(12-15)4-1-2-7-17(20)21/h2-3,5-12,19H,(H,20,21)/b7-2+. The van der Waals surface area contributed by atoms with Crippen molar-refractivity contribution in [2.45, 2.75) is 4.90 Å². The molecule has 0 aliphatic carbocycles. The van der Waals surface area contributed by atoms with Gasteiger partial charge in [0.1, 0.15) is 0 Å². The minimum atomic E-state index is -3.69. The van der Waals surface area contributed by atoms with E-state index in [4.69, 9.17) is 5.11 Å². The molecule has 0 amide bonds. The van der Waals surface area contributed by atoms with Crippen LogP contribution in [0.25, 0.3) is 0 Å². The van der Waals surface area contributed by atoms with Crippen LogP contribution in [0.15, 0.2) is 70.1 Å². The van der Waals surface area contributed by atoms with Crippen LogP contribution in [0.2, 0.25) is 0 Å². The summed E-state index contributed by atoms with van der Waals surface area (Å²) in [6.45, 7) is 0. The predicted molar refractivity (Wildman–Crippen MR) is 95.0 cm³/mol. The Morgan fingerprint density at radius 2 is 1.88 bits per heavy atom. The molecule has 0 aliphatic rings. The van der Waals surface area contributed by atoms with Crippen molar-refractivity contribution in [3.63, 3.8) is 0 Å². The highest BCUT2D eigenvalue weighted by atomic mass is 79.9. The van der Waals surface area contributed by atoms with E-state index in [0.29, 0.717) is 11.3 Å². The van der Waals surface area contributed by atoms with Gasteiger partial charge in [0.15, 0.2) is 0 Å². The number of sulfonamides is 1. The lowest BCUT2D eigenvalue weighted by atomic mass is 10.2. The lowest BCUT2D eigenvalue weighted by molar-refractivity contribution is -0.131. The van der Waals surface area contributed by atoms with E-state index in [1.54, 1.807) is 36.4 Å². The molecule has 2 rings (SSSR count). The second-order valence-corrected chi connectivity index (χ2v) is 7.18. The first-order valence-electron chi connectivity index (χ1n) is 6.66. The van der Waals surface area contributed by atoms with Gasteiger partial charge in [-0.3, -0.25) is 4.72 Å². The number of halogens is 1. The van der Waals surface area contributed by atoms with E-state index in [1.165, 1.54) is 18.2 Å². The molecule has 122 valence electrons. The summed E-state index contributed by atoms with van der Waals surface area (Å²) in [6, 6.07) is 12.8. The van der Waals surface area contributed by atoms with Crippen LogP contribution in [0.4, 0.5) is 5.69 Å². The molecule has 7 heteroatoms. The molecule has 2 N–H and O–H groups in total. The van der Waals surface area contributed by atoms with Gasteiger partial charge in [-0.1, -0.05) is 33.8 Å². The van der Waals surface area contributed by atoms with Gasteiger partial charge in [-0.2, -0.15) is 0 Å². The zero-order chi connectivity index (χ0) is 17.6. The van der Waals surface area contributed by atoms with Crippen molar-refractivity contribution in [3.8, 4) is 11.8 Å². The number of nitrogens with one attached hydrogen (secondary N) is 1. The fourth-order valence-electron chi connectivity index (χ4n) is 1.73. The highest BCUT2D eigenvalue weighted by Crippen LogP contribution is 2.19. The van der Waals surface area contributed by atoms with Gasteiger partial charge in [-0.15, -0.1) is 0 Å². The van der Waals surface area contributed by atoms with Crippen molar-refractivity contribution in [1.82, 2.24) is 0 Å². The van der Waals surface area contributed by atoms with Gasteiger partial charge in [0.25, 0.3) is 10.0 Å². The number of allylic oxidation sites excluding steroid dienone is 1. The van der Waals surface area contributed by atoms with Crippen LogP contribution in [-0.4, -0.2) is 19.5 Å². The lowest BCUT2D eigenvalue weighted by Gasteiger charge is -2.08. The third-order valence-corrected chi connectivity index (χ3v) is 4.69. The molecule has 0 aliphatic heterocycles. The monoisotopic (exact) mass is 405 g/mol. The minimum Gasteiger partial charge on any atom is -0.478 e. The highest BCUT2D eigenvalue weighted by molar-refractivity contribution is 9.10. The molecule has 0 saturated carbocycles. The average molecular weight is 406 g/mol. The van der Waals surface area contributed by atoms with Crippen LogP contribution >= 0.6 is 15.9 Å². The smallest absolute Gasteiger partial charge is 0.328 e. The fourth-order valence-corrected chi connectivity index (χ4v) is 3.04. The first-order chi connectivity index (χ1) is 11.4. The summed E-state index contributed by atoms with van der Waals surface area (Å²) in [6.07, 6.45) is 2.13. The molecule has 0 bridgehead atoms. The van der Waals surface area contributed by atoms with Crippen LogP contribution in [-0.2, 0) is 14.8 Å². The van der Waals surface area contributed by atoms with Gasteiger partial charge < -0.3 is 5.11 Å². The maximum absolute atomic E-state index is 12.3. The van der Waals surface area contributed by atoms with Crippen LogP contribution in [0.1, 0.15) is 5.56 Å². The number of carbonyl (C=O) groups is 1. The van der Waals surface area contributed by atoms with Gasteiger partial charge in [-0.25, -0.2) is 13.2 Å². The quantitative estimate of drug-likeness (QED) is 0.603. The molecule has 0 aromatic heterocycles. The van der Waals surface area contributed by atoms with Crippen molar-refractivity contribution in [2.24, 2.45) is 0 Å². The number of carboxylic acids is 1. The van der Waals surface area contributed by atoms with Gasteiger partial charge in [0.05, 0.1) is 10.6 Å². The Bertz CT molecular complexity index is 939. The normalized spacial score (nSPS) is 10.9. The van der Waals surface area contributed by atoms with Crippen LogP contribution in [0, 0.1) is 11.8 Å². The summed E-state index contributed by atoms with van der Waals surface area (Å²) in [5.74, 6) is 4.22. The van der Waals surface area contributed by atoms with E-state index in [9.17, 15) is 13.2 Å². The topological polar surface area (TPSA) is 83.5 Å². The third-order valence-electron chi connectivity index (χ3n) is 2.76. The Morgan fingerprint density at radius 3 is 2.54 bits per heavy atom. The number of rotatable bonds is 4. The van der Waals surface area contributed by atoms with Crippen LogP contribution < -0.4 is 4.72 Å². The van der Waals surface area contributed by atoms with Gasteiger partial charge in [0.2, 0.25) is 0 Å². The van der Waals surface area contributed by atoms with E-state index in [-0.39, 0.29) is 4.90 Å². The van der Waals surface area contributed by atoms with Crippen molar-refractivity contribution in [3.05, 3.63) is 70.7 Å². The second-order valence-electron chi connectivity index (χ2n) is 4.58. The predicted octanol–water partition coefficient (Wildman–Crippen LogP) is 3.24. The number of hydrogen-bond donors (Lipinski definition) is 2. The third kappa shape index (κ3) is 5.26. The number of anilines is 1. The van der Waals surface area contributed by atoms with E-state index in [0.717, 1.165) is 10.5 Å². The Kier molecular flexibility index (Phi) is 5.79. The molecule has 0 heterocycles. The molecular weight excluding hydrogens is 394 g/mol. The summed E-state index contributed by atoms with van der Waals surface area (Å²) >= 11 is 3.25. The highest BCUT2D eigenvalue weighted by Gasteiger charge is 2.13. The Hall–Kier alpha value is -2.56. The lowest BCUT2D eigenvalue weighted by Crippen LogP contribution is -2.12. The maximum Gasteiger partial charge on any atom is 0.328 e. The van der Waals surface area contributed by atoms with Crippen molar-refractivity contribution in [2.75, 3.05) is 4.72 Å². The average Bonchev–Trinajstić information content (AvgIpc) is 2.52. The molecular formula is C17H12BrNO4S. The molecule has 0 spiro atoms. The number of benzene rings is 2. The zero-order valence-electron chi connectivity index (χ0n) is 12.2. The fraction of sp³-hybridized carbons (Fsp3) is 0. The maximum atomic E-state index is 12.3. The van der Waals surface area contributed by atoms with E-state index >= 15 is 0 Å². The van der Waals surface area contributed by atoms with Gasteiger partial charge in [0, 0.05) is 16.1 Å². The molecule has 24 heavy (non-hydrogen) atoms. The number of aliphatic carboxylic acids is 1. The van der Waals surface area contributed by atoms with Gasteiger partial charge >= 0.3 is 5.97 Å². The van der Waals surface area contributed by atoms with E-state index in [2.05, 4.69) is 32.5 Å². The SMILES string of the molecule is O=C(O)/C=C/C#Cc1cccc(NS(=O)(=O)c2ccc(Br)cc2)c1. The molecule has 0 atom stereocenters. The molecule has 0 radical (unpaired) electrons. The molecule has 5 nitrogen and oxygen atoms in total. The first-order valence-corrected chi connectivity index (χ1v) is 8.94. The first kappa shape index (κ1) is 17.8. The van der Waals surface area contributed by atoms with Gasteiger partial charge in [-0.05, 0) is 48.5 Å². The largest absolute Gasteiger partial charge is 0.478 e.